The molecule has 0 radical (unpaired) electrons. The Kier molecular flexibility index (Phi) is 7.95. The summed E-state index contributed by atoms with van der Waals surface area (Å²) >= 11 is 0. The maximum absolute atomic E-state index is 15.2. The van der Waals surface area contributed by atoms with Crippen LogP contribution in [0.1, 0.15) is 54.1 Å². The van der Waals surface area contributed by atoms with Gasteiger partial charge in [0.2, 0.25) is 5.91 Å². The number of aromatic nitrogens is 3. The number of nitrogens with zero attached hydrogens (tertiary/aromatic N) is 3. The number of carbonyl (C=O) groups is 1. The van der Waals surface area contributed by atoms with Crippen molar-refractivity contribution < 1.29 is 13.6 Å². The first kappa shape index (κ1) is 27.1. The van der Waals surface area contributed by atoms with Gasteiger partial charge in [0.25, 0.3) is 0 Å². The third-order valence-corrected chi connectivity index (χ3v) is 6.93. The van der Waals surface area contributed by atoms with E-state index < -0.39 is 5.82 Å². The van der Waals surface area contributed by atoms with E-state index in [1.807, 2.05) is 56.3 Å². The van der Waals surface area contributed by atoms with Gasteiger partial charge in [0.1, 0.15) is 11.6 Å². The molecule has 8 nitrogen and oxygen atoms in total. The van der Waals surface area contributed by atoms with Gasteiger partial charge in [0.15, 0.2) is 17.5 Å². The second kappa shape index (κ2) is 11.7. The van der Waals surface area contributed by atoms with Gasteiger partial charge < -0.3 is 20.9 Å². The number of halogens is 2. The number of aromatic amines is 1. The average Bonchev–Trinajstić information content (AvgIpc) is 3.68. The van der Waals surface area contributed by atoms with E-state index in [1.165, 1.54) is 18.2 Å². The van der Waals surface area contributed by atoms with Crippen LogP contribution in [0, 0.1) is 11.6 Å². The number of amides is 1. The molecule has 10 heteroatoms. The second-order valence-electron chi connectivity index (χ2n) is 10.4. The molecule has 1 amide bonds. The lowest BCUT2D eigenvalue weighted by Gasteiger charge is -2.19. The van der Waals surface area contributed by atoms with Crippen molar-refractivity contribution in [3.63, 3.8) is 0 Å². The predicted molar refractivity (Wildman–Crippen MR) is 153 cm³/mol. The van der Waals surface area contributed by atoms with Crippen LogP contribution in [0.5, 0.6) is 0 Å². The van der Waals surface area contributed by atoms with Gasteiger partial charge in [0, 0.05) is 55.6 Å². The van der Waals surface area contributed by atoms with Crippen molar-refractivity contribution in [2.75, 3.05) is 29.6 Å². The lowest BCUT2D eigenvalue weighted by Crippen LogP contribution is -2.25. The van der Waals surface area contributed by atoms with Crippen molar-refractivity contribution in [1.82, 2.24) is 20.5 Å². The first-order valence-electron chi connectivity index (χ1n) is 13.3. The Balaban J connectivity index is 1.33. The minimum absolute atomic E-state index is 0.0127. The van der Waals surface area contributed by atoms with E-state index in [0.717, 1.165) is 35.3 Å². The summed E-state index contributed by atoms with van der Waals surface area (Å²) in [4.78, 5) is 19.2. The fourth-order valence-electron chi connectivity index (χ4n) is 4.39. The predicted octanol–water partition coefficient (Wildman–Crippen LogP) is 5.80. The van der Waals surface area contributed by atoms with Crippen LogP contribution < -0.4 is 20.9 Å². The third kappa shape index (κ3) is 6.74. The number of carbonyl (C=O) groups excluding carboxylic acids is 1. The number of hydrogen-bond donors (Lipinski definition) is 4. The van der Waals surface area contributed by atoms with Crippen molar-refractivity contribution in [3.05, 3.63) is 94.7 Å². The summed E-state index contributed by atoms with van der Waals surface area (Å²) in [5.74, 6) is 0.278. The van der Waals surface area contributed by atoms with Gasteiger partial charge in [-0.25, -0.2) is 13.8 Å². The number of benzene rings is 2. The highest BCUT2D eigenvalue weighted by Gasteiger charge is 2.26. The standard InChI is InChI=1S/C30H33F2N7O/c1-18(20-8-10-23(31)11-9-20)34-29-22(17-33-28(40)14-19-4-12-24(13-5-19)39(2)3)15-25(32)30(36-29)35-27-16-26(37-38-27)21-6-7-21/h4-5,8-13,15-16,18,21H,6-7,14,17H2,1-3H3,(H,33,40)(H3,34,35,36,37,38)/t18-/m0/s1. The quantitative estimate of drug-likeness (QED) is 0.190. The molecule has 2 heterocycles. The van der Waals surface area contributed by atoms with Gasteiger partial charge in [-0.05, 0) is 61.2 Å². The molecule has 208 valence electrons. The van der Waals surface area contributed by atoms with Gasteiger partial charge in [-0.1, -0.05) is 24.3 Å². The third-order valence-electron chi connectivity index (χ3n) is 6.93. The van der Waals surface area contributed by atoms with E-state index in [9.17, 15) is 9.18 Å². The highest BCUT2D eigenvalue weighted by Crippen LogP contribution is 2.39. The van der Waals surface area contributed by atoms with Crippen LogP contribution in [0.25, 0.3) is 0 Å². The van der Waals surface area contributed by atoms with Crippen LogP contribution in [0.3, 0.4) is 0 Å². The number of H-pyrrole nitrogens is 1. The van der Waals surface area contributed by atoms with Crippen LogP contribution in [-0.2, 0) is 17.8 Å². The summed E-state index contributed by atoms with van der Waals surface area (Å²) in [5, 5.41) is 16.4. The number of rotatable bonds is 11. The summed E-state index contributed by atoms with van der Waals surface area (Å²) < 4.78 is 28.7. The maximum Gasteiger partial charge on any atom is 0.224 e. The van der Waals surface area contributed by atoms with Gasteiger partial charge in [-0.3, -0.25) is 9.89 Å². The maximum atomic E-state index is 15.2. The average molecular weight is 546 g/mol. The molecule has 1 aliphatic rings. The molecule has 0 bridgehead atoms. The Morgan fingerprint density at radius 2 is 1.77 bits per heavy atom. The summed E-state index contributed by atoms with van der Waals surface area (Å²) in [7, 11) is 3.91. The van der Waals surface area contributed by atoms with Crippen molar-refractivity contribution >= 4 is 29.0 Å². The molecule has 5 rings (SSSR count). The number of anilines is 4. The van der Waals surface area contributed by atoms with E-state index >= 15 is 4.39 Å². The van der Waals surface area contributed by atoms with Gasteiger partial charge >= 0.3 is 0 Å². The Morgan fingerprint density at radius 3 is 2.45 bits per heavy atom. The topological polar surface area (TPSA) is 98.0 Å². The molecule has 0 unspecified atom stereocenters. The van der Waals surface area contributed by atoms with Crippen LogP contribution in [0.2, 0.25) is 0 Å². The molecule has 4 aromatic rings. The zero-order valence-corrected chi connectivity index (χ0v) is 22.8. The van der Waals surface area contributed by atoms with Crippen molar-refractivity contribution in [2.45, 2.75) is 44.7 Å². The van der Waals surface area contributed by atoms with Crippen molar-refractivity contribution in [3.8, 4) is 0 Å². The van der Waals surface area contributed by atoms with Crippen LogP contribution in [0.4, 0.5) is 31.9 Å². The molecule has 1 atom stereocenters. The molecular formula is C30H33F2N7O. The molecule has 0 saturated heterocycles. The molecule has 1 saturated carbocycles. The zero-order valence-electron chi connectivity index (χ0n) is 22.8. The van der Waals surface area contributed by atoms with Crippen LogP contribution >= 0.6 is 0 Å². The zero-order chi connectivity index (χ0) is 28.2. The highest BCUT2D eigenvalue weighted by molar-refractivity contribution is 5.79. The fourth-order valence-corrected chi connectivity index (χ4v) is 4.39. The largest absolute Gasteiger partial charge is 0.378 e. The first-order valence-corrected chi connectivity index (χ1v) is 13.3. The number of hydrogen-bond acceptors (Lipinski definition) is 6. The minimum Gasteiger partial charge on any atom is -0.378 e. The summed E-state index contributed by atoms with van der Waals surface area (Å²) in [6.45, 7) is 1.98. The fraction of sp³-hybridized carbons (Fsp3) is 0.300. The lowest BCUT2D eigenvalue weighted by atomic mass is 10.1. The number of nitrogens with one attached hydrogen (secondary N) is 4. The Bertz CT molecular complexity index is 1460. The van der Waals surface area contributed by atoms with E-state index in [0.29, 0.717) is 23.1 Å². The minimum atomic E-state index is -0.570. The lowest BCUT2D eigenvalue weighted by molar-refractivity contribution is -0.120. The number of pyridine rings is 1. The van der Waals surface area contributed by atoms with Crippen molar-refractivity contribution in [1.29, 1.82) is 0 Å². The molecule has 1 aliphatic carbocycles. The first-order chi connectivity index (χ1) is 19.2. The monoisotopic (exact) mass is 545 g/mol. The van der Waals surface area contributed by atoms with Crippen LogP contribution in [-0.4, -0.2) is 35.2 Å². The van der Waals surface area contributed by atoms with Gasteiger partial charge in [-0.2, -0.15) is 5.10 Å². The summed E-state index contributed by atoms with van der Waals surface area (Å²) in [6.07, 6.45) is 2.43. The molecule has 0 spiro atoms. The molecular weight excluding hydrogens is 512 g/mol. The molecule has 0 aliphatic heterocycles. The highest BCUT2D eigenvalue weighted by atomic mass is 19.1. The Hall–Kier alpha value is -4.47. The van der Waals surface area contributed by atoms with Gasteiger partial charge in [-0.15, -0.1) is 0 Å². The molecule has 4 N–H and O–H groups in total. The second-order valence-corrected chi connectivity index (χ2v) is 10.4. The molecule has 2 aromatic heterocycles. The van der Waals surface area contributed by atoms with Crippen LogP contribution in [0.15, 0.2) is 60.7 Å². The van der Waals surface area contributed by atoms with E-state index in [1.54, 1.807) is 12.1 Å². The normalized spacial score (nSPS) is 13.5. The molecule has 1 fully saturated rings. The molecule has 40 heavy (non-hydrogen) atoms. The Morgan fingerprint density at radius 1 is 1.05 bits per heavy atom. The van der Waals surface area contributed by atoms with E-state index in [2.05, 4.69) is 31.1 Å². The smallest absolute Gasteiger partial charge is 0.224 e. The SMILES string of the molecule is C[C@H](Nc1nc(Nc2cc(C3CC3)[nH]n2)c(F)cc1CNC(=O)Cc1ccc(N(C)C)cc1)c1ccc(F)cc1. The van der Waals surface area contributed by atoms with Crippen molar-refractivity contribution in [2.24, 2.45) is 0 Å². The summed E-state index contributed by atoms with van der Waals surface area (Å²) in [5.41, 5.74) is 4.25. The summed E-state index contributed by atoms with van der Waals surface area (Å²) in [6, 6.07) is 16.8. The van der Waals surface area contributed by atoms with Gasteiger partial charge in [0.05, 0.1) is 6.42 Å². The molecule has 2 aromatic carbocycles. The van der Waals surface area contributed by atoms with E-state index in [4.69, 9.17) is 0 Å². The Labute approximate surface area is 232 Å². The van der Waals surface area contributed by atoms with E-state index in [-0.39, 0.29) is 36.5 Å².